The minimum Gasteiger partial charge on any atom is -0.464 e. The predicted molar refractivity (Wildman–Crippen MR) is 133 cm³/mol. The zero-order valence-corrected chi connectivity index (χ0v) is 19.8. The van der Waals surface area contributed by atoms with Gasteiger partial charge in [0.1, 0.15) is 11.5 Å². The van der Waals surface area contributed by atoms with E-state index < -0.39 is 15.8 Å². The van der Waals surface area contributed by atoms with E-state index in [-0.39, 0.29) is 41.0 Å². The number of amides is 1. The van der Waals surface area contributed by atoms with Gasteiger partial charge in [0.05, 0.1) is 21.6 Å². The molecule has 0 saturated carbocycles. The van der Waals surface area contributed by atoms with Crippen LogP contribution in [0.5, 0.6) is 17.2 Å². The standard InChI is InChI=1S/C25H21N5O7/c1-16-7-8-17(2)24(11-16)37-20-13-18(12-19(14-20)29(32)33)26-25(31)21-9-10-28(27-21)15-36-23-6-4-3-5-22(23)30(34)35/h3-14H,15H2,1-2H3,(H,26,31). The van der Waals surface area contributed by atoms with Gasteiger partial charge in [0.25, 0.3) is 11.6 Å². The van der Waals surface area contributed by atoms with Crippen molar-refractivity contribution in [2.45, 2.75) is 20.6 Å². The van der Waals surface area contributed by atoms with Crippen LogP contribution in [0.4, 0.5) is 17.1 Å². The number of hydrogen-bond acceptors (Lipinski definition) is 8. The van der Waals surface area contributed by atoms with Crippen molar-refractivity contribution in [2.75, 3.05) is 5.32 Å². The Hall–Kier alpha value is -5.26. The molecule has 1 N–H and O–H groups in total. The number of ether oxygens (including phenoxy) is 2. The number of aromatic nitrogens is 2. The molecular formula is C25H21N5O7. The minimum absolute atomic E-state index is 0.00895. The maximum Gasteiger partial charge on any atom is 0.311 e. The van der Waals surface area contributed by atoms with Gasteiger partial charge < -0.3 is 14.8 Å². The molecule has 4 rings (SSSR count). The molecule has 1 heterocycles. The number of carbonyl (C=O) groups excluding carboxylic acids is 1. The molecule has 0 spiro atoms. The molecule has 1 aromatic heterocycles. The van der Waals surface area contributed by atoms with Crippen molar-refractivity contribution in [1.29, 1.82) is 0 Å². The van der Waals surface area contributed by atoms with Crippen LogP contribution < -0.4 is 14.8 Å². The number of nitro groups is 2. The van der Waals surface area contributed by atoms with Crippen molar-refractivity contribution in [3.8, 4) is 17.2 Å². The Morgan fingerprint density at radius 1 is 0.973 bits per heavy atom. The maximum atomic E-state index is 12.8. The van der Waals surface area contributed by atoms with E-state index in [4.69, 9.17) is 9.47 Å². The lowest BCUT2D eigenvalue weighted by atomic mass is 10.1. The number of aryl methyl sites for hydroxylation is 2. The number of benzene rings is 3. The molecular weight excluding hydrogens is 482 g/mol. The third kappa shape index (κ3) is 6.06. The van der Waals surface area contributed by atoms with Crippen LogP contribution in [0.1, 0.15) is 21.6 Å². The molecule has 0 unspecified atom stereocenters. The first kappa shape index (κ1) is 24.9. The fourth-order valence-electron chi connectivity index (χ4n) is 3.38. The van der Waals surface area contributed by atoms with Gasteiger partial charge in [-0.2, -0.15) is 5.10 Å². The molecule has 0 aliphatic carbocycles. The van der Waals surface area contributed by atoms with Crippen molar-refractivity contribution in [2.24, 2.45) is 0 Å². The van der Waals surface area contributed by atoms with Gasteiger partial charge in [0, 0.05) is 24.4 Å². The number of nitro benzene ring substituents is 2. The summed E-state index contributed by atoms with van der Waals surface area (Å²) in [6, 6.07) is 16.9. The predicted octanol–water partition coefficient (Wildman–Crippen LogP) is 5.40. The number of rotatable bonds is 9. The van der Waals surface area contributed by atoms with Gasteiger partial charge in [-0.15, -0.1) is 0 Å². The summed E-state index contributed by atoms with van der Waals surface area (Å²) < 4.78 is 12.6. The van der Waals surface area contributed by atoms with E-state index in [9.17, 15) is 25.0 Å². The van der Waals surface area contributed by atoms with Gasteiger partial charge in [0.2, 0.25) is 0 Å². The molecule has 0 aliphatic heterocycles. The number of carbonyl (C=O) groups is 1. The molecule has 37 heavy (non-hydrogen) atoms. The zero-order valence-electron chi connectivity index (χ0n) is 19.8. The number of nitrogens with zero attached hydrogens (tertiary/aromatic N) is 4. The number of hydrogen-bond donors (Lipinski definition) is 1. The molecule has 12 heteroatoms. The van der Waals surface area contributed by atoms with Gasteiger partial charge in [-0.05, 0) is 43.2 Å². The summed E-state index contributed by atoms with van der Waals surface area (Å²) in [5.74, 6) is 0.154. The molecule has 0 aliphatic rings. The van der Waals surface area contributed by atoms with Crippen LogP contribution in [-0.4, -0.2) is 25.5 Å². The first-order valence-electron chi connectivity index (χ1n) is 11.0. The lowest BCUT2D eigenvalue weighted by Gasteiger charge is -2.11. The van der Waals surface area contributed by atoms with Crippen LogP contribution in [0.15, 0.2) is 72.9 Å². The highest BCUT2D eigenvalue weighted by molar-refractivity contribution is 6.03. The molecule has 0 fully saturated rings. The van der Waals surface area contributed by atoms with Crippen molar-refractivity contribution >= 4 is 23.0 Å². The zero-order chi connectivity index (χ0) is 26.5. The lowest BCUT2D eigenvalue weighted by molar-refractivity contribution is -0.386. The van der Waals surface area contributed by atoms with Crippen molar-refractivity contribution < 1.29 is 24.1 Å². The Labute approximate surface area is 210 Å². The highest BCUT2D eigenvalue weighted by Crippen LogP contribution is 2.32. The summed E-state index contributed by atoms with van der Waals surface area (Å²) in [7, 11) is 0. The smallest absolute Gasteiger partial charge is 0.311 e. The molecule has 188 valence electrons. The summed E-state index contributed by atoms with van der Waals surface area (Å²) in [6.45, 7) is 3.57. The third-order valence-corrected chi connectivity index (χ3v) is 5.22. The van der Waals surface area contributed by atoms with Crippen LogP contribution in [0, 0.1) is 34.1 Å². The Morgan fingerprint density at radius 2 is 1.76 bits per heavy atom. The molecule has 0 saturated heterocycles. The molecule has 1 amide bonds. The normalized spacial score (nSPS) is 10.5. The largest absolute Gasteiger partial charge is 0.464 e. The van der Waals surface area contributed by atoms with Gasteiger partial charge >= 0.3 is 5.69 Å². The van der Waals surface area contributed by atoms with Gasteiger partial charge in [-0.25, -0.2) is 4.68 Å². The van der Waals surface area contributed by atoms with E-state index in [0.717, 1.165) is 11.1 Å². The number of non-ortho nitro benzene ring substituents is 1. The SMILES string of the molecule is Cc1ccc(C)c(Oc2cc(NC(=O)c3ccn(COc4ccccc4[N+](=O)[O-])n3)cc([N+](=O)[O-])c2)c1. The molecule has 0 atom stereocenters. The average molecular weight is 503 g/mol. The van der Waals surface area contributed by atoms with E-state index in [1.807, 2.05) is 32.0 Å². The van der Waals surface area contributed by atoms with Crippen LogP contribution in [0.25, 0.3) is 0 Å². The van der Waals surface area contributed by atoms with Crippen molar-refractivity contribution in [3.05, 3.63) is 110 Å². The Kier molecular flexibility index (Phi) is 7.09. The average Bonchev–Trinajstić information content (AvgIpc) is 3.34. The van der Waals surface area contributed by atoms with E-state index in [1.165, 1.54) is 53.3 Å². The third-order valence-electron chi connectivity index (χ3n) is 5.22. The summed E-state index contributed by atoms with van der Waals surface area (Å²) in [6.07, 6.45) is 1.46. The maximum absolute atomic E-state index is 12.8. The second-order valence-electron chi connectivity index (χ2n) is 8.04. The number of nitrogens with one attached hydrogen (secondary N) is 1. The van der Waals surface area contributed by atoms with Gasteiger partial charge in [0.15, 0.2) is 18.2 Å². The second-order valence-corrected chi connectivity index (χ2v) is 8.04. The fourth-order valence-corrected chi connectivity index (χ4v) is 3.38. The summed E-state index contributed by atoms with van der Waals surface area (Å²) in [4.78, 5) is 34.2. The molecule has 0 bridgehead atoms. The lowest BCUT2D eigenvalue weighted by Crippen LogP contribution is -2.14. The molecule has 0 radical (unpaired) electrons. The molecule has 4 aromatic rings. The van der Waals surface area contributed by atoms with Crippen LogP contribution in [-0.2, 0) is 6.73 Å². The van der Waals surface area contributed by atoms with E-state index >= 15 is 0 Å². The van der Waals surface area contributed by atoms with E-state index in [2.05, 4.69) is 10.4 Å². The summed E-state index contributed by atoms with van der Waals surface area (Å²) in [5.41, 5.74) is 1.50. The quantitative estimate of drug-likeness (QED) is 0.235. The highest BCUT2D eigenvalue weighted by atomic mass is 16.6. The number of anilines is 1. The first-order chi connectivity index (χ1) is 17.7. The van der Waals surface area contributed by atoms with Crippen LogP contribution in [0.2, 0.25) is 0 Å². The number of para-hydroxylation sites is 2. The van der Waals surface area contributed by atoms with E-state index in [0.29, 0.717) is 5.75 Å². The first-order valence-corrected chi connectivity index (χ1v) is 11.0. The Morgan fingerprint density at radius 3 is 2.51 bits per heavy atom. The van der Waals surface area contributed by atoms with Crippen molar-refractivity contribution in [3.63, 3.8) is 0 Å². The Balaban J connectivity index is 1.49. The van der Waals surface area contributed by atoms with Crippen molar-refractivity contribution in [1.82, 2.24) is 9.78 Å². The van der Waals surface area contributed by atoms with Crippen LogP contribution in [0.3, 0.4) is 0 Å². The fraction of sp³-hybridized carbons (Fsp3) is 0.120. The van der Waals surface area contributed by atoms with Crippen LogP contribution >= 0.6 is 0 Å². The molecule has 12 nitrogen and oxygen atoms in total. The van der Waals surface area contributed by atoms with Gasteiger partial charge in [-0.1, -0.05) is 24.3 Å². The highest BCUT2D eigenvalue weighted by Gasteiger charge is 2.17. The minimum atomic E-state index is -0.623. The topological polar surface area (TPSA) is 152 Å². The van der Waals surface area contributed by atoms with Gasteiger partial charge in [-0.3, -0.25) is 25.0 Å². The summed E-state index contributed by atoms with van der Waals surface area (Å²) in [5, 5.41) is 29.3. The van der Waals surface area contributed by atoms with E-state index in [1.54, 1.807) is 6.07 Å². The molecule has 3 aromatic carbocycles. The summed E-state index contributed by atoms with van der Waals surface area (Å²) >= 11 is 0. The monoisotopic (exact) mass is 503 g/mol. The second kappa shape index (κ2) is 10.6. The Bertz CT molecular complexity index is 1500.